The van der Waals surface area contributed by atoms with Crippen LogP contribution in [-0.4, -0.2) is 28.6 Å². The van der Waals surface area contributed by atoms with Crippen molar-refractivity contribution in [3.63, 3.8) is 0 Å². The number of H-pyrrole nitrogens is 1. The Kier molecular flexibility index (Phi) is 7.03. The van der Waals surface area contributed by atoms with Crippen LogP contribution in [0, 0.1) is 13.8 Å². The number of ether oxygens (including phenoxy) is 1. The lowest BCUT2D eigenvalue weighted by molar-refractivity contribution is -0.120. The summed E-state index contributed by atoms with van der Waals surface area (Å²) in [6.45, 7) is 7.94. The van der Waals surface area contributed by atoms with E-state index in [4.69, 9.17) is 10.5 Å². The van der Waals surface area contributed by atoms with Crippen LogP contribution in [0.4, 0.5) is 11.5 Å². The van der Waals surface area contributed by atoms with Gasteiger partial charge in [0.2, 0.25) is 0 Å². The van der Waals surface area contributed by atoms with E-state index in [-0.39, 0.29) is 24.7 Å². The Morgan fingerprint density at radius 2 is 1.96 bits per heavy atom. The van der Waals surface area contributed by atoms with Gasteiger partial charge in [-0.2, -0.15) is 0 Å². The number of hydrogen-bond donors (Lipinski definition) is 2. The van der Waals surface area contributed by atoms with Gasteiger partial charge in [0.25, 0.3) is 11.5 Å². The van der Waals surface area contributed by atoms with Gasteiger partial charge in [-0.05, 0) is 44.4 Å². The standard InChI is InChI=1S/C20H28N4O4/c1-5-7-11-24-18(21)17(19(26)22-20(24)27)23(6-2)16(25)12-28-15-10-8-9-13(3)14(15)4/h8-10H,5-7,11-12,21H2,1-4H3,(H,22,26,27). The molecular weight excluding hydrogens is 360 g/mol. The Balaban J connectivity index is 2.31. The molecule has 0 fully saturated rings. The highest BCUT2D eigenvalue weighted by molar-refractivity contribution is 5.96. The Labute approximate surface area is 163 Å². The molecule has 0 unspecified atom stereocenters. The third-order valence-electron chi connectivity index (χ3n) is 4.74. The lowest BCUT2D eigenvalue weighted by Crippen LogP contribution is -2.42. The van der Waals surface area contributed by atoms with Crippen molar-refractivity contribution in [2.24, 2.45) is 0 Å². The molecule has 8 heteroatoms. The fourth-order valence-electron chi connectivity index (χ4n) is 2.93. The van der Waals surface area contributed by atoms with Crippen LogP contribution in [0.25, 0.3) is 0 Å². The van der Waals surface area contributed by atoms with E-state index in [1.165, 1.54) is 9.47 Å². The summed E-state index contributed by atoms with van der Waals surface area (Å²) in [7, 11) is 0. The molecule has 1 heterocycles. The molecule has 0 spiro atoms. The summed E-state index contributed by atoms with van der Waals surface area (Å²) in [5, 5.41) is 0. The first-order chi connectivity index (χ1) is 13.3. The van der Waals surface area contributed by atoms with Gasteiger partial charge in [-0.15, -0.1) is 0 Å². The van der Waals surface area contributed by atoms with E-state index >= 15 is 0 Å². The van der Waals surface area contributed by atoms with Crippen molar-refractivity contribution in [3.05, 3.63) is 50.2 Å². The monoisotopic (exact) mass is 388 g/mol. The minimum Gasteiger partial charge on any atom is -0.483 e. The normalized spacial score (nSPS) is 10.7. The van der Waals surface area contributed by atoms with Gasteiger partial charge in [0.15, 0.2) is 12.3 Å². The Hall–Kier alpha value is -3.03. The van der Waals surface area contributed by atoms with Gasteiger partial charge in [0.05, 0.1) is 0 Å². The quantitative estimate of drug-likeness (QED) is 0.718. The first-order valence-electron chi connectivity index (χ1n) is 9.43. The summed E-state index contributed by atoms with van der Waals surface area (Å²) in [6.07, 6.45) is 1.59. The minimum atomic E-state index is -0.683. The lowest BCUT2D eigenvalue weighted by atomic mass is 10.1. The molecule has 0 saturated heterocycles. The van der Waals surface area contributed by atoms with Crippen molar-refractivity contribution in [2.45, 2.75) is 47.1 Å². The van der Waals surface area contributed by atoms with E-state index in [2.05, 4.69) is 4.98 Å². The number of unbranched alkanes of at least 4 members (excludes halogenated alkanes) is 1. The van der Waals surface area contributed by atoms with Crippen LogP contribution in [-0.2, 0) is 11.3 Å². The zero-order chi connectivity index (χ0) is 20.8. The van der Waals surface area contributed by atoms with Crippen LogP contribution in [0.15, 0.2) is 27.8 Å². The number of nitrogens with zero attached hydrogens (tertiary/aromatic N) is 2. The van der Waals surface area contributed by atoms with Crippen LogP contribution in [0.2, 0.25) is 0 Å². The third-order valence-corrected chi connectivity index (χ3v) is 4.74. The molecule has 0 radical (unpaired) electrons. The Bertz CT molecular complexity index is 962. The average Bonchev–Trinajstić information content (AvgIpc) is 2.65. The number of benzene rings is 1. The van der Waals surface area contributed by atoms with Crippen LogP contribution in [0.1, 0.15) is 37.8 Å². The molecule has 0 saturated carbocycles. The van der Waals surface area contributed by atoms with E-state index in [9.17, 15) is 14.4 Å². The number of aromatic amines is 1. The van der Waals surface area contributed by atoms with Gasteiger partial charge in [-0.1, -0.05) is 25.5 Å². The number of likely N-dealkylation sites (N-methyl/N-ethyl adjacent to an activating group) is 1. The van der Waals surface area contributed by atoms with Crippen molar-refractivity contribution in [1.29, 1.82) is 0 Å². The summed E-state index contributed by atoms with van der Waals surface area (Å²) in [5.41, 5.74) is 6.83. The van der Waals surface area contributed by atoms with E-state index in [1.54, 1.807) is 13.0 Å². The number of aryl methyl sites for hydroxylation is 1. The predicted octanol–water partition coefficient (Wildman–Crippen LogP) is 1.97. The second-order valence-corrected chi connectivity index (χ2v) is 6.62. The second-order valence-electron chi connectivity index (χ2n) is 6.62. The first kappa shape index (κ1) is 21.3. The third kappa shape index (κ3) is 4.44. The fraction of sp³-hybridized carbons (Fsp3) is 0.450. The zero-order valence-corrected chi connectivity index (χ0v) is 16.9. The van der Waals surface area contributed by atoms with Crippen LogP contribution in [0.3, 0.4) is 0 Å². The zero-order valence-electron chi connectivity index (χ0n) is 16.9. The topological polar surface area (TPSA) is 110 Å². The van der Waals surface area contributed by atoms with Crippen LogP contribution in [0.5, 0.6) is 5.75 Å². The highest BCUT2D eigenvalue weighted by atomic mass is 16.5. The molecule has 2 aromatic rings. The predicted molar refractivity (Wildman–Crippen MR) is 110 cm³/mol. The number of aromatic nitrogens is 2. The van der Waals surface area contributed by atoms with Gasteiger partial charge in [0, 0.05) is 13.1 Å². The molecule has 1 aromatic carbocycles. The molecule has 3 N–H and O–H groups in total. The molecule has 0 atom stereocenters. The number of carbonyl (C=O) groups excluding carboxylic acids is 1. The number of amides is 1. The molecule has 1 amide bonds. The lowest BCUT2D eigenvalue weighted by Gasteiger charge is -2.23. The smallest absolute Gasteiger partial charge is 0.330 e. The van der Waals surface area contributed by atoms with E-state index in [0.29, 0.717) is 12.3 Å². The van der Waals surface area contributed by atoms with Crippen molar-refractivity contribution in [3.8, 4) is 5.75 Å². The maximum absolute atomic E-state index is 12.8. The van der Waals surface area contributed by atoms with Crippen molar-refractivity contribution in [2.75, 3.05) is 23.8 Å². The largest absolute Gasteiger partial charge is 0.483 e. The molecule has 28 heavy (non-hydrogen) atoms. The maximum atomic E-state index is 12.8. The fourth-order valence-corrected chi connectivity index (χ4v) is 2.93. The maximum Gasteiger partial charge on any atom is 0.330 e. The molecule has 152 valence electrons. The molecule has 8 nitrogen and oxygen atoms in total. The molecule has 0 aliphatic heterocycles. The molecule has 0 bridgehead atoms. The number of nitrogens with one attached hydrogen (secondary N) is 1. The summed E-state index contributed by atoms with van der Waals surface area (Å²) in [5.74, 6) is 0.185. The number of hydrogen-bond acceptors (Lipinski definition) is 5. The number of rotatable bonds is 8. The SMILES string of the molecule is CCCCn1c(N)c(N(CC)C(=O)COc2cccc(C)c2C)c(=O)[nH]c1=O. The highest BCUT2D eigenvalue weighted by Gasteiger charge is 2.23. The summed E-state index contributed by atoms with van der Waals surface area (Å²) >= 11 is 0. The minimum absolute atomic E-state index is 0.0101. The molecule has 0 aliphatic carbocycles. The Morgan fingerprint density at radius 3 is 2.61 bits per heavy atom. The average molecular weight is 388 g/mol. The first-order valence-corrected chi connectivity index (χ1v) is 9.43. The summed E-state index contributed by atoms with van der Waals surface area (Å²) in [4.78, 5) is 40.7. The molecule has 2 rings (SSSR count). The number of nitrogen functional groups attached to an aromatic ring is 1. The number of anilines is 2. The molecular formula is C20H28N4O4. The Morgan fingerprint density at radius 1 is 1.25 bits per heavy atom. The van der Waals surface area contributed by atoms with Gasteiger partial charge in [0.1, 0.15) is 11.6 Å². The number of nitrogens with two attached hydrogens (primary N) is 1. The van der Waals surface area contributed by atoms with Gasteiger partial charge in [-0.3, -0.25) is 19.1 Å². The summed E-state index contributed by atoms with van der Waals surface area (Å²) in [6, 6.07) is 5.60. The van der Waals surface area contributed by atoms with Crippen LogP contribution < -0.4 is 26.6 Å². The number of carbonyl (C=O) groups is 1. The van der Waals surface area contributed by atoms with Gasteiger partial charge in [-0.25, -0.2) is 4.79 Å². The van der Waals surface area contributed by atoms with E-state index < -0.39 is 17.2 Å². The van der Waals surface area contributed by atoms with Crippen molar-refractivity contribution < 1.29 is 9.53 Å². The van der Waals surface area contributed by atoms with Crippen molar-refractivity contribution in [1.82, 2.24) is 9.55 Å². The van der Waals surface area contributed by atoms with E-state index in [1.807, 2.05) is 32.9 Å². The molecule has 0 aliphatic rings. The highest BCUT2D eigenvalue weighted by Crippen LogP contribution is 2.21. The molecule has 1 aromatic heterocycles. The van der Waals surface area contributed by atoms with Gasteiger partial charge < -0.3 is 15.4 Å². The second kappa shape index (κ2) is 9.25. The van der Waals surface area contributed by atoms with Crippen molar-refractivity contribution >= 4 is 17.4 Å². The summed E-state index contributed by atoms with van der Waals surface area (Å²) < 4.78 is 6.96. The van der Waals surface area contributed by atoms with Crippen LogP contribution >= 0.6 is 0 Å². The van der Waals surface area contributed by atoms with E-state index in [0.717, 1.165) is 24.0 Å². The van der Waals surface area contributed by atoms with Gasteiger partial charge >= 0.3 is 5.69 Å².